The maximum Gasteiger partial charge on any atom is 0.407 e. The van der Waals surface area contributed by atoms with Crippen molar-refractivity contribution in [1.29, 1.82) is 0 Å². The number of hydrogen-bond donors (Lipinski definition) is 1. The van der Waals surface area contributed by atoms with Crippen molar-refractivity contribution in [3.05, 3.63) is 42.5 Å². The number of nitrogens with one attached hydrogen (secondary N) is 1. The number of hydrogen-bond acceptors (Lipinski definition) is 6. The van der Waals surface area contributed by atoms with Crippen LogP contribution in [0, 0.1) is 0 Å². The standard InChI is InChI=1S/C16H20FN5O3/c1-16(2,3)25-15(23)18-9-12(8-17)10-24-14-6-4-13(5-7-14)22-20-11-19-21-22/h4-8,11H,9-10H2,1-3H3,(H,18,23)/b12-8-. The first kappa shape index (κ1) is 18.4. The SMILES string of the molecule is CC(C)(C)OC(=O)NC/C(=C/F)COc1ccc(-n2ncnn2)cc1. The minimum Gasteiger partial charge on any atom is -0.489 e. The summed E-state index contributed by atoms with van der Waals surface area (Å²) >= 11 is 0. The number of carbonyl (C=O) groups excluding carboxylic acids is 1. The van der Waals surface area contributed by atoms with Crippen molar-refractivity contribution in [2.45, 2.75) is 26.4 Å². The Kier molecular flexibility index (Phi) is 6.04. The van der Waals surface area contributed by atoms with Gasteiger partial charge in [0.05, 0.1) is 12.0 Å². The van der Waals surface area contributed by atoms with Crippen LogP contribution in [0.25, 0.3) is 5.69 Å². The highest BCUT2D eigenvalue weighted by Gasteiger charge is 2.16. The maximum absolute atomic E-state index is 12.9. The van der Waals surface area contributed by atoms with E-state index in [9.17, 15) is 9.18 Å². The smallest absolute Gasteiger partial charge is 0.407 e. The van der Waals surface area contributed by atoms with Gasteiger partial charge in [-0.2, -0.15) is 0 Å². The first-order chi connectivity index (χ1) is 11.9. The molecule has 0 aliphatic carbocycles. The molecule has 2 rings (SSSR count). The lowest BCUT2D eigenvalue weighted by Crippen LogP contribution is -2.34. The number of rotatable bonds is 6. The summed E-state index contributed by atoms with van der Waals surface area (Å²) in [4.78, 5) is 12.9. The monoisotopic (exact) mass is 349 g/mol. The summed E-state index contributed by atoms with van der Waals surface area (Å²) in [5, 5.41) is 13.8. The van der Waals surface area contributed by atoms with Gasteiger partial charge in [-0.1, -0.05) is 0 Å². The molecule has 25 heavy (non-hydrogen) atoms. The van der Waals surface area contributed by atoms with Crippen LogP contribution in [-0.4, -0.2) is 45.1 Å². The Hall–Kier alpha value is -2.97. The average Bonchev–Trinajstić information content (AvgIpc) is 3.08. The van der Waals surface area contributed by atoms with Crippen LogP contribution in [0.1, 0.15) is 20.8 Å². The number of tetrazole rings is 1. The largest absolute Gasteiger partial charge is 0.489 e. The van der Waals surface area contributed by atoms with Crippen molar-refractivity contribution in [3.8, 4) is 11.4 Å². The highest BCUT2D eigenvalue weighted by molar-refractivity contribution is 5.68. The first-order valence-corrected chi connectivity index (χ1v) is 7.58. The molecule has 1 aromatic heterocycles. The number of nitrogens with zero attached hydrogens (tertiary/aromatic N) is 4. The van der Waals surface area contributed by atoms with Crippen LogP contribution in [-0.2, 0) is 4.74 Å². The summed E-state index contributed by atoms with van der Waals surface area (Å²) in [6.45, 7) is 5.24. The fourth-order valence-electron chi connectivity index (χ4n) is 1.76. The highest BCUT2D eigenvalue weighted by Crippen LogP contribution is 2.15. The van der Waals surface area contributed by atoms with E-state index < -0.39 is 11.7 Å². The Morgan fingerprint density at radius 2 is 2.04 bits per heavy atom. The molecule has 2 aromatic rings. The topological polar surface area (TPSA) is 91.2 Å². The van der Waals surface area contributed by atoms with Crippen molar-refractivity contribution in [1.82, 2.24) is 25.5 Å². The molecule has 8 nitrogen and oxygen atoms in total. The molecule has 9 heteroatoms. The molecule has 0 atom stereocenters. The Balaban J connectivity index is 1.81. The minimum absolute atomic E-state index is 0.00673. The zero-order valence-electron chi connectivity index (χ0n) is 14.3. The Labute approximate surface area is 144 Å². The first-order valence-electron chi connectivity index (χ1n) is 7.58. The number of carbonyl (C=O) groups is 1. The quantitative estimate of drug-likeness (QED) is 0.861. The van der Waals surface area contributed by atoms with E-state index in [0.29, 0.717) is 12.1 Å². The van der Waals surface area contributed by atoms with Crippen molar-refractivity contribution in [2.75, 3.05) is 13.2 Å². The van der Waals surface area contributed by atoms with Gasteiger partial charge in [-0.15, -0.1) is 15.0 Å². The summed E-state index contributed by atoms with van der Waals surface area (Å²) in [7, 11) is 0. The molecule has 134 valence electrons. The lowest BCUT2D eigenvalue weighted by atomic mass is 10.2. The van der Waals surface area contributed by atoms with Gasteiger partial charge in [0, 0.05) is 12.1 Å². The van der Waals surface area contributed by atoms with Gasteiger partial charge in [0.2, 0.25) is 0 Å². The van der Waals surface area contributed by atoms with Crippen LogP contribution in [0.4, 0.5) is 9.18 Å². The van der Waals surface area contributed by atoms with Gasteiger partial charge >= 0.3 is 6.09 Å². The summed E-state index contributed by atoms with van der Waals surface area (Å²) in [5.41, 5.74) is 0.381. The van der Waals surface area contributed by atoms with E-state index in [1.165, 1.54) is 11.1 Å². The molecule has 1 N–H and O–H groups in total. The highest BCUT2D eigenvalue weighted by atomic mass is 19.1. The van der Waals surface area contributed by atoms with E-state index in [0.717, 1.165) is 5.69 Å². The summed E-state index contributed by atoms with van der Waals surface area (Å²) < 4.78 is 23.5. The molecule has 1 amide bonds. The molecule has 0 saturated carbocycles. The van der Waals surface area contributed by atoms with Crippen molar-refractivity contribution < 1.29 is 18.7 Å². The average molecular weight is 349 g/mol. The van der Waals surface area contributed by atoms with Crippen LogP contribution in [0.3, 0.4) is 0 Å². The van der Waals surface area contributed by atoms with Crippen molar-refractivity contribution >= 4 is 6.09 Å². The third-order valence-corrected chi connectivity index (χ3v) is 2.85. The second-order valence-corrected chi connectivity index (χ2v) is 6.13. The molecule has 0 radical (unpaired) electrons. The van der Waals surface area contributed by atoms with Gasteiger partial charge in [0.1, 0.15) is 18.0 Å². The van der Waals surface area contributed by atoms with Gasteiger partial charge in [0.25, 0.3) is 0 Å². The molecule has 0 spiro atoms. The van der Waals surface area contributed by atoms with Crippen molar-refractivity contribution in [3.63, 3.8) is 0 Å². The fraction of sp³-hybridized carbons (Fsp3) is 0.375. The second-order valence-electron chi connectivity index (χ2n) is 6.13. The fourth-order valence-corrected chi connectivity index (χ4v) is 1.76. The van der Waals surface area contributed by atoms with Crippen LogP contribution in [0.5, 0.6) is 5.75 Å². The number of amides is 1. The molecular formula is C16H20FN5O3. The van der Waals surface area contributed by atoms with E-state index >= 15 is 0 Å². The summed E-state index contributed by atoms with van der Waals surface area (Å²) in [6.07, 6.45) is 1.13. The number of halogens is 1. The van der Waals surface area contributed by atoms with Crippen LogP contribution >= 0.6 is 0 Å². The van der Waals surface area contributed by atoms with E-state index in [1.54, 1.807) is 45.0 Å². The van der Waals surface area contributed by atoms with E-state index in [-0.39, 0.29) is 18.7 Å². The number of benzene rings is 1. The second kappa shape index (κ2) is 8.22. The maximum atomic E-state index is 12.9. The number of ether oxygens (including phenoxy) is 2. The van der Waals surface area contributed by atoms with E-state index in [1.807, 2.05) is 0 Å². The predicted octanol–water partition coefficient (Wildman–Crippen LogP) is 2.42. The molecule has 0 aliphatic rings. The minimum atomic E-state index is -0.614. The zero-order chi connectivity index (χ0) is 18.3. The summed E-state index contributed by atoms with van der Waals surface area (Å²) in [5.74, 6) is 0.542. The number of alkyl carbamates (subject to hydrolysis) is 1. The Morgan fingerprint density at radius 3 is 2.60 bits per heavy atom. The van der Waals surface area contributed by atoms with Gasteiger partial charge in [-0.05, 0) is 50.3 Å². The van der Waals surface area contributed by atoms with Crippen molar-refractivity contribution in [2.24, 2.45) is 0 Å². The zero-order valence-corrected chi connectivity index (χ0v) is 14.3. The van der Waals surface area contributed by atoms with Crippen LogP contribution < -0.4 is 10.1 Å². The summed E-state index contributed by atoms with van der Waals surface area (Å²) in [6, 6.07) is 6.90. The molecule has 0 unspecified atom stereocenters. The molecule has 1 aromatic carbocycles. The van der Waals surface area contributed by atoms with Gasteiger partial charge < -0.3 is 14.8 Å². The van der Waals surface area contributed by atoms with Gasteiger partial charge in [-0.25, -0.2) is 9.18 Å². The Bertz CT molecular complexity index is 708. The molecule has 0 bridgehead atoms. The van der Waals surface area contributed by atoms with E-state index in [4.69, 9.17) is 9.47 Å². The van der Waals surface area contributed by atoms with Gasteiger partial charge in [-0.3, -0.25) is 0 Å². The lowest BCUT2D eigenvalue weighted by Gasteiger charge is -2.20. The molecule has 0 saturated heterocycles. The van der Waals surface area contributed by atoms with Gasteiger partial charge in [0.15, 0.2) is 6.33 Å². The molecule has 1 heterocycles. The Morgan fingerprint density at radius 1 is 1.32 bits per heavy atom. The molecule has 0 fully saturated rings. The third kappa shape index (κ3) is 6.21. The number of aromatic nitrogens is 4. The van der Waals surface area contributed by atoms with E-state index in [2.05, 4.69) is 20.7 Å². The lowest BCUT2D eigenvalue weighted by molar-refractivity contribution is 0.0531. The molecule has 0 aliphatic heterocycles. The normalized spacial score (nSPS) is 11.9. The predicted molar refractivity (Wildman–Crippen MR) is 88.1 cm³/mol. The molecular weight excluding hydrogens is 329 g/mol. The third-order valence-electron chi connectivity index (χ3n) is 2.85. The van der Waals surface area contributed by atoms with Crippen LogP contribution in [0.15, 0.2) is 42.5 Å². The van der Waals surface area contributed by atoms with Crippen LogP contribution in [0.2, 0.25) is 0 Å².